The zero-order valence-electron chi connectivity index (χ0n) is 12.0. The first kappa shape index (κ1) is 15.1. The van der Waals surface area contributed by atoms with Gasteiger partial charge in [0, 0.05) is 24.8 Å². The van der Waals surface area contributed by atoms with Gasteiger partial charge in [0.15, 0.2) is 0 Å². The van der Waals surface area contributed by atoms with E-state index in [1.54, 1.807) is 18.2 Å². The van der Waals surface area contributed by atoms with Gasteiger partial charge in [-0.25, -0.2) is 0 Å². The quantitative estimate of drug-likeness (QED) is 0.839. The highest BCUT2D eigenvalue weighted by Gasteiger charge is 2.24. The number of amides is 1. The first-order valence-corrected chi connectivity index (χ1v) is 7.42. The third-order valence-corrected chi connectivity index (χ3v) is 4.16. The van der Waals surface area contributed by atoms with Crippen LogP contribution in [0.4, 0.5) is 5.69 Å². The lowest BCUT2D eigenvalue weighted by Crippen LogP contribution is -2.33. The summed E-state index contributed by atoms with van der Waals surface area (Å²) in [6, 6.07) is 5.53. The van der Waals surface area contributed by atoms with E-state index in [9.17, 15) is 4.79 Å². The molecule has 1 atom stereocenters. The lowest BCUT2D eigenvalue weighted by Gasteiger charge is -2.20. The summed E-state index contributed by atoms with van der Waals surface area (Å²) in [6.07, 6.45) is 1.13. The normalized spacial score (nSPS) is 19.5. The van der Waals surface area contributed by atoms with Gasteiger partial charge in [-0.3, -0.25) is 4.79 Å². The fourth-order valence-corrected chi connectivity index (χ4v) is 2.75. The Morgan fingerprint density at radius 1 is 1.55 bits per heavy atom. The zero-order chi connectivity index (χ0) is 14.7. The number of hydrogen-bond acceptors (Lipinski definition) is 3. The number of rotatable bonds is 4. The summed E-state index contributed by atoms with van der Waals surface area (Å²) in [5, 5.41) is 3.40. The number of nitrogens with one attached hydrogen (secondary N) is 1. The Hall–Kier alpha value is -1.26. The maximum absolute atomic E-state index is 12.1. The standard InChI is InChI=1S/C15H22ClN3O/c1-10(2)19-6-5-11(9-19)8-18-15(20)13-7-12(17)3-4-14(13)16/h3-4,7,10-11H,5-6,8-9,17H2,1-2H3,(H,18,20). The van der Waals surface area contributed by atoms with Crippen LogP contribution in [0.15, 0.2) is 18.2 Å². The number of nitrogens with zero attached hydrogens (tertiary/aromatic N) is 1. The van der Waals surface area contributed by atoms with Crippen molar-refractivity contribution in [1.82, 2.24) is 10.2 Å². The van der Waals surface area contributed by atoms with Gasteiger partial charge < -0.3 is 16.0 Å². The van der Waals surface area contributed by atoms with Crippen LogP contribution >= 0.6 is 11.6 Å². The van der Waals surface area contributed by atoms with E-state index < -0.39 is 0 Å². The van der Waals surface area contributed by atoms with Crippen molar-refractivity contribution in [2.24, 2.45) is 5.92 Å². The van der Waals surface area contributed by atoms with Gasteiger partial charge in [-0.1, -0.05) is 11.6 Å². The number of nitrogens with two attached hydrogens (primary N) is 1. The van der Waals surface area contributed by atoms with E-state index >= 15 is 0 Å². The van der Waals surface area contributed by atoms with Crippen LogP contribution in [0.1, 0.15) is 30.6 Å². The minimum absolute atomic E-state index is 0.148. The molecule has 0 saturated carbocycles. The predicted molar refractivity (Wildman–Crippen MR) is 83.0 cm³/mol. The van der Waals surface area contributed by atoms with Crippen molar-refractivity contribution < 1.29 is 4.79 Å². The molecule has 5 heteroatoms. The number of hydrogen-bond donors (Lipinski definition) is 2. The molecule has 1 aromatic carbocycles. The molecule has 4 nitrogen and oxygen atoms in total. The number of likely N-dealkylation sites (tertiary alicyclic amines) is 1. The van der Waals surface area contributed by atoms with Crippen molar-refractivity contribution >= 4 is 23.2 Å². The first-order chi connectivity index (χ1) is 9.47. The molecule has 1 fully saturated rings. The Balaban J connectivity index is 1.88. The molecule has 0 aromatic heterocycles. The molecule has 110 valence electrons. The smallest absolute Gasteiger partial charge is 0.252 e. The molecule has 0 radical (unpaired) electrons. The maximum Gasteiger partial charge on any atom is 0.252 e. The molecule has 3 N–H and O–H groups in total. The molecule has 1 saturated heterocycles. The van der Waals surface area contributed by atoms with Gasteiger partial charge in [-0.15, -0.1) is 0 Å². The highest BCUT2D eigenvalue weighted by atomic mass is 35.5. The van der Waals surface area contributed by atoms with E-state index in [2.05, 4.69) is 24.1 Å². The van der Waals surface area contributed by atoms with Gasteiger partial charge >= 0.3 is 0 Å². The molecule has 0 aliphatic carbocycles. The van der Waals surface area contributed by atoms with Gasteiger partial charge in [0.25, 0.3) is 5.91 Å². The van der Waals surface area contributed by atoms with Crippen LogP contribution in [0.3, 0.4) is 0 Å². The molecule has 1 aliphatic heterocycles. The van der Waals surface area contributed by atoms with Crippen LogP contribution in [0, 0.1) is 5.92 Å². The van der Waals surface area contributed by atoms with Crippen molar-refractivity contribution in [3.8, 4) is 0 Å². The summed E-state index contributed by atoms with van der Waals surface area (Å²) in [5.41, 5.74) is 6.69. The van der Waals surface area contributed by atoms with Crippen molar-refractivity contribution in [3.63, 3.8) is 0 Å². The Morgan fingerprint density at radius 3 is 2.95 bits per heavy atom. The van der Waals surface area contributed by atoms with E-state index in [1.807, 2.05) is 0 Å². The summed E-state index contributed by atoms with van der Waals surface area (Å²) in [4.78, 5) is 14.6. The third kappa shape index (κ3) is 3.64. The van der Waals surface area contributed by atoms with E-state index in [4.69, 9.17) is 17.3 Å². The lowest BCUT2D eigenvalue weighted by atomic mass is 10.1. The van der Waals surface area contributed by atoms with Gasteiger partial charge in [-0.05, 0) is 50.9 Å². The molecule has 20 heavy (non-hydrogen) atoms. The van der Waals surface area contributed by atoms with E-state index in [-0.39, 0.29) is 5.91 Å². The lowest BCUT2D eigenvalue weighted by molar-refractivity contribution is 0.0947. The molecule has 2 rings (SSSR count). The largest absolute Gasteiger partial charge is 0.399 e. The number of halogens is 1. The molecule has 1 unspecified atom stereocenters. The SMILES string of the molecule is CC(C)N1CCC(CNC(=O)c2cc(N)ccc2Cl)C1. The average molecular weight is 296 g/mol. The maximum atomic E-state index is 12.1. The molecular weight excluding hydrogens is 274 g/mol. The van der Waals surface area contributed by atoms with Crippen molar-refractivity contribution in [2.75, 3.05) is 25.4 Å². The molecule has 1 aliphatic rings. The average Bonchev–Trinajstić information content (AvgIpc) is 2.88. The Bertz CT molecular complexity index is 490. The second-order valence-corrected chi connectivity index (χ2v) is 6.10. The highest BCUT2D eigenvalue weighted by molar-refractivity contribution is 6.34. The van der Waals surface area contributed by atoms with E-state index in [0.29, 0.717) is 34.8 Å². The number of benzene rings is 1. The zero-order valence-corrected chi connectivity index (χ0v) is 12.8. The van der Waals surface area contributed by atoms with Crippen molar-refractivity contribution in [3.05, 3.63) is 28.8 Å². The summed E-state index contributed by atoms with van der Waals surface area (Å²) < 4.78 is 0. The van der Waals surface area contributed by atoms with E-state index in [1.165, 1.54) is 0 Å². The second-order valence-electron chi connectivity index (χ2n) is 5.69. The van der Waals surface area contributed by atoms with Gasteiger partial charge in [-0.2, -0.15) is 0 Å². The first-order valence-electron chi connectivity index (χ1n) is 7.04. The van der Waals surface area contributed by atoms with Crippen molar-refractivity contribution in [2.45, 2.75) is 26.3 Å². The molecular formula is C15H22ClN3O. The Labute approximate surface area is 125 Å². The third-order valence-electron chi connectivity index (χ3n) is 3.83. The summed E-state index contributed by atoms with van der Waals surface area (Å²) in [7, 11) is 0. The van der Waals surface area contributed by atoms with Crippen LogP contribution in [0.25, 0.3) is 0 Å². The van der Waals surface area contributed by atoms with Crippen LogP contribution in [-0.4, -0.2) is 36.5 Å². The van der Waals surface area contributed by atoms with Gasteiger partial charge in [0.1, 0.15) is 0 Å². The fraction of sp³-hybridized carbons (Fsp3) is 0.533. The number of carbonyl (C=O) groups is 1. The van der Waals surface area contributed by atoms with Crippen LogP contribution in [0.2, 0.25) is 5.02 Å². The van der Waals surface area contributed by atoms with Gasteiger partial charge in [0.2, 0.25) is 0 Å². The van der Waals surface area contributed by atoms with Crippen LogP contribution < -0.4 is 11.1 Å². The number of nitrogen functional groups attached to an aromatic ring is 1. The molecule has 0 bridgehead atoms. The molecule has 1 aromatic rings. The number of anilines is 1. The number of carbonyl (C=O) groups excluding carboxylic acids is 1. The Kier molecular flexibility index (Phi) is 4.89. The summed E-state index contributed by atoms with van der Waals surface area (Å²) in [6.45, 7) is 7.24. The summed E-state index contributed by atoms with van der Waals surface area (Å²) >= 11 is 6.03. The molecule has 1 amide bonds. The Morgan fingerprint density at radius 2 is 2.30 bits per heavy atom. The minimum Gasteiger partial charge on any atom is -0.399 e. The highest BCUT2D eigenvalue weighted by Crippen LogP contribution is 2.20. The molecule has 0 spiro atoms. The van der Waals surface area contributed by atoms with Crippen LogP contribution in [0.5, 0.6) is 0 Å². The van der Waals surface area contributed by atoms with Gasteiger partial charge in [0.05, 0.1) is 10.6 Å². The monoisotopic (exact) mass is 295 g/mol. The fourth-order valence-electron chi connectivity index (χ4n) is 2.55. The minimum atomic E-state index is -0.148. The summed E-state index contributed by atoms with van der Waals surface area (Å²) in [5.74, 6) is 0.367. The topological polar surface area (TPSA) is 58.4 Å². The predicted octanol–water partition coefficient (Wildman–Crippen LogP) is 2.38. The van der Waals surface area contributed by atoms with Crippen LogP contribution in [-0.2, 0) is 0 Å². The van der Waals surface area contributed by atoms with Crippen molar-refractivity contribution in [1.29, 1.82) is 0 Å². The second kappa shape index (κ2) is 6.46. The molecule has 1 heterocycles. The van der Waals surface area contributed by atoms with E-state index in [0.717, 1.165) is 19.5 Å².